The summed E-state index contributed by atoms with van der Waals surface area (Å²) < 4.78 is 5.37. The summed E-state index contributed by atoms with van der Waals surface area (Å²) >= 11 is 0. The van der Waals surface area contributed by atoms with Crippen LogP contribution in [0.5, 0.6) is 0 Å². The average molecular weight is 391 g/mol. The lowest BCUT2D eigenvalue weighted by Crippen LogP contribution is -2.39. The van der Waals surface area contributed by atoms with Crippen molar-refractivity contribution in [3.8, 4) is 0 Å². The molecular weight excluding hydrogens is 356 g/mol. The van der Waals surface area contributed by atoms with Gasteiger partial charge in [0, 0.05) is 57.1 Å². The number of guanidine groups is 1. The summed E-state index contributed by atoms with van der Waals surface area (Å²) in [4.78, 5) is 22.9. The van der Waals surface area contributed by atoms with Gasteiger partial charge in [-0.05, 0) is 39.2 Å². The number of nitrogens with two attached hydrogens (primary N) is 1. The van der Waals surface area contributed by atoms with Crippen molar-refractivity contribution in [2.24, 2.45) is 16.6 Å². The van der Waals surface area contributed by atoms with Crippen LogP contribution in [0.25, 0.3) is 0 Å². The van der Waals surface area contributed by atoms with Crippen molar-refractivity contribution in [1.29, 1.82) is 0 Å². The number of primary amides is 1. The van der Waals surface area contributed by atoms with Crippen molar-refractivity contribution < 1.29 is 9.53 Å². The standard InChI is InChI=1S/C20H34N6O2/c1-3-22-20(24-11-6-14-28-4-2)25-15-17-7-5-10-23-19(17)26-12-8-16(9-13-26)18(21)27/h5,7,10,16H,3-4,6,8-9,11-15H2,1-2H3,(H2,21,27)(H2,22,24,25). The molecule has 4 N–H and O–H groups in total. The number of nitrogens with zero attached hydrogens (tertiary/aromatic N) is 3. The number of aromatic nitrogens is 1. The van der Waals surface area contributed by atoms with E-state index < -0.39 is 0 Å². The van der Waals surface area contributed by atoms with Gasteiger partial charge < -0.3 is 26.0 Å². The van der Waals surface area contributed by atoms with Gasteiger partial charge in [-0.25, -0.2) is 9.98 Å². The summed E-state index contributed by atoms with van der Waals surface area (Å²) in [6.45, 7) is 9.28. The fraction of sp³-hybridized carbons (Fsp3) is 0.650. The predicted molar refractivity (Wildman–Crippen MR) is 112 cm³/mol. The maximum absolute atomic E-state index is 11.4. The number of piperidine rings is 1. The van der Waals surface area contributed by atoms with Crippen LogP contribution in [0.2, 0.25) is 0 Å². The van der Waals surface area contributed by atoms with E-state index in [1.807, 2.05) is 13.0 Å². The number of ether oxygens (including phenoxy) is 1. The molecule has 1 amide bonds. The van der Waals surface area contributed by atoms with Crippen LogP contribution in [-0.4, -0.2) is 56.2 Å². The van der Waals surface area contributed by atoms with Gasteiger partial charge in [-0.2, -0.15) is 0 Å². The Kier molecular flexibility index (Phi) is 9.54. The lowest BCUT2D eigenvalue weighted by molar-refractivity contribution is -0.122. The first-order chi connectivity index (χ1) is 13.7. The van der Waals surface area contributed by atoms with Crippen molar-refractivity contribution in [1.82, 2.24) is 15.6 Å². The fourth-order valence-corrected chi connectivity index (χ4v) is 3.25. The summed E-state index contributed by atoms with van der Waals surface area (Å²) in [7, 11) is 0. The summed E-state index contributed by atoms with van der Waals surface area (Å²) in [5.74, 6) is 1.52. The zero-order valence-electron chi connectivity index (χ0n) is 17.1. The molecule has 0 bridgehead atoms. The molecule has 0 saturated carbocycles. The molecule has 0 atom stereocenters. The normalized spacial score (nSPS) is 15.5. The van der Waals surface area contributed by atoms with Crippen LogP contribution in [0.15, 0.2) is 23.3 Å². The predicted octanol–water partition coefficient (Wildman–Crippen LogP) is 1.27. The van der Waals surface area contributed by atoms with Gasteiger partial charge >= 0.3 is 0 Å². The smallest absolute Gasteiger partial charge is 0.220 e. The summed E-state index contributed by atoms with van der Waals surface area (Å²) in [6, 6.07) is 4.00. The first kappa shape index (κ1) is 21.9. The topological polar surface area (TPSA) is 105 Å². The molecular formula is C20H34N6O2. The van der Waals surface area contributed by atoms with E-state index in [1.54, 1.807) is 6.20 Å². The minimum absolute atomic E-state index is 0.0253. The number of carbonyl (C=O) groups excluding carboxylic acids is 1. The third kappa shape index (κ3) is 6.99. The van der Waals surface area contributed by atoms with Gasteiger partial charge in [0.15, 0.2) is 5.96 Å². The van der Waals surface area contributed by atoms with Crippen LogP contribution < -0.4 is 21.3 Å². The highest BCUT2D eigenvalue weighted by molar-refractivity contribution is 5.79. The SMILES string of the molecule is CCNC(=NCc1cccnc1N1CCC(C(N)=O)CC1)NCCCOCC. The molecule has 2 heterocycles. The van der Waals surface area contributed by atoms with Crippen LogP contribution in [0.4, 0.5) is 5.82 Å². The quantitative estimate of drug-likeness (QED) is 0.316. The number of hydrogen-bond donors (Lipinski definition) is 3. The van der Waals surface area contributed by atoms with E-state index in [2.05, 4.69) is 33.5 Å². The van der Waals surface area contributed by atoms with Gasteiger partial charge in [-0.3, -0.25) is 4.79 Å². The number of rotatable bonds is 10. The molecule has 0 spiro atoms. The molecule has 1 aromatic rings. The van der Waals surface area contributed by atoms with E-state index in [1.165, 1.54) is 0 Å². The third-order valence-corrected chi connectivity index (χ3v) is 4.78. The molecule has 1 fully saturated rings. The first-order valence-corrected chi connectivity index (χ1v) is 10.2. The maximum Gasteiger partial charge on any atom is 0.220 e. The summed E-state index contributed by atoms with van der Waals surface area (Å²) in [5, 5.41) is 6.61. The third-order valence-electron chi connectivity index (χ3n) is 4.78. The van der Waals surface area contributed by atoms with Gasteiger partial charge in [0.05, 0.1) is 6.54 Å². The fourth-order valence-electron chi connectivity index (χ4n) is 3.25. The van der Waals surface area contributed by atoms with E-state index in [-0.39, 0.29) is 11.8 Å². The van der Waals surface area contributed by atoms with Gasteiger partial charge in [-0.15, -0.1) is 0 Å². The molecule has 0 aromatic carbocycles. The Morgan fingerprint density at radius 3 is 2.82 bits per heavy atom. The lowest BCUT2D eigenvalue weighted by Gasteiger charge is -2.32. The Bertz CT molecular complexity index is 629. The molecule has 0 radical (unpaired) electrons. The Morgan fingerprint density at radius 1 is 1.36 bits per heavy atom. The first-order valence-electron chi connectivity index (χ1n) is 10.2. The molecule has 28 heavy (non-hydrogen) atoms. The number of pyridine rings is 1. The molecule has 8 nitrogen and oxygen atoms in total. The van der Waals surface area contributed by atoms with Crippen LogP contribution in [-0.2, 0) is 16.1 Å². The Labute approximate surface area is 167 Å². The largest absolute Gasteiger partial charge is 0.382 e. The molecule has 0 unspecified atom stereocenters. The number of anilines is 1. The number of hydrogen-bond acceptors (Lipinski definition) is 5. The average Bonchev–Trinajstić information content (AvgIpc) is 2.72. The monoisotopic (exact) mass is 390 g/mol. The molecule has 1 aliphatic heterocycles. The Balaban J connectivity index is 1.96. The zero-order valence-corrected chi connectivity index (χ0v) is 17.1. The molecule has 2 rings (SSSR count). The van der Waals surface area contributed by atoms with Crippen LogP contribution >= 0.6 is 0 Å². The molecule has 1 aromatic heterocycles. The van der Waals surface area contributed by atoms with E-state index in [0.29, 0.717) is 6.54 Å². The number of aliphatic imine (C=N–C) groups is 1. The minimum atomic E-state index is -0.198. The van der Waals surface area contributed by atoms with E-state index in [4.69, 9.17) is 15.5 Å². The van der Waals surface area contributed by atoms with E-state index >= 15 is 0 Å². The second-order valence-electron chi connectivity index (χ2n) is 6.82. The minimum Gasteiger partial charge on any atom is -0.382 e. The van der Waals surface area contributed by atoms with Gasteiger partial charge in [0.1, 0.15) is 5.82 Å². The highest BCUT2D eigenvalue weighted by Gasteiger charge is 2.24. The zero-order chi connectivity index (χ0) is 20.2. The van der Waals surface area contributed by atoms with Crippen LogP contribution in [0.3, 0.4) is 0 Å². The molecule has 8 heteroatoms. The van der Waals surface area contributed by atoms with Gasteiger partial charge in [-0.1, -0.05) is 6.07 Å². The van der Waals surface area contributed by atoms with Crippen LogP contribution in [0, 0.1) is 5.92 Å². The Morgan fingerprint density at radius 2 is 2.14 bits per heavy atom. The van der Waals surface area contributed by atoms with Crippen molar-refractivity contribution in [3.63, 3.8) is 0 Å². The summed E-state index contributed by atoms with van der Waals surface area (Å²) in [5.41, 5.74) is 6.52. The molecule has 156 valence electrons. The van der Waals surface area contributed by atoms with E-state index in [9.17, 15) is 4.79 Å². The highest BCUT2D eigenvalue weighted by atomic mass is 16.5. The van der Waals surface area contributed by atoms with Gasteiger partial charge in [0.2, 0.25) is 5.91 Å². The summed E-state index contributed by atoms with van der Waals surface area (Å²) in [6.07, 6.45) is 4.29. The van der Waals surface area contributed by atoms with Crippen LogP contribution in [0.1, 0.15) is 38.7 Å². The Hall–Kier alpha value is -2.35. The number of amides is 1. The van der Waals surface area contributed by atoms with Gasteiger partial charge in [0.25, 0.3) is 0 Å². The van der Waals surface area contributed by atoms with Crippen molar-refractivity contribution in [3.05, 3.63) is 23.9 Å². The second kappa shape index (κ2) is 12.2. The maximum atomic E-state index is 11.4. The van der Waals surface area contributed by atoms with E-state index in [0.717, 1.165) is 76.0 Å². The lowest BCUT2D eigenvalue weighted by atomic mass is 9.96. The molecule has 0 aliphatic carbocycles. The van der Waals surface area contributed by atoms with Crippen molar-refractivity contribution in [2.45, 2.75) is 39.7 Å². The highest BCUT2D eigenvalue weighted by Crippen LogP contribution is 2.24. The van der Waals surface area contributed by atoms with Crippen molar-refractivity contribution >= 4 is 17.7 Å². The second-order valence-corrected chi connectivity index (χ2v) is 6.82. The number of carbonyl (C=O) groups is 1. The molecule has 1 aliphatic rings. The molecule has 1 saturated heterocycles. The van der Waals surface area contributed by atoms with Crippen molar-refractivity contribution in [2.75, 3.05) is 44.3 Å². The number of nitrogens with one attached hydrogen (secondary N) is 2.